The van der Waals surface area contributed by atoms with Crippen LogP contribution in [-0.2, 0) is 16.1 Å². The van der Waals surface area contributed by atoms with Gasteiger partial charge in [-0.2, -0.15) is 0 Å². The smallest absolute Gasteiger partial charge is 0.374 e. The highest BCUT2D eigenvalue weighted by atomic mass is 32.1. The zero-order valence-corrected chi connectivity index (χ0v) is 15.7. The number of rotatable bonds is 5. The molecule has 0 aliphatic heterocycles. The molecule has 0 amide bonds. The standard InChI is InChI=1S/C21H15FO5S/c1-2-25-21(24)19-13(18-14(22)7-5-9-17(18)28-19)11-26-20(23)16-10-12-6-3-4-8-15(12)27-16/h3-10H,2,11H2,1H3. The van der Waals surface area contributed by atoms with Gasteiger partial charge >= 0.3 is 11.9 Å². The minimum absolute atomic E-state index is 0.0406. The van der Waals surface area contributed by atoms with E-state index < -0.39 is 17.8 Å². The summed E-state index contributed by atoms with van der Waals surface area (Å²) >= 11 is 1.11. The Hall–Kier alpha value is -3.19. The van der Waals surface area contributed by atoms with Gasteiger partial charge in [-0.1, -0.05) is 24.3 Å². The number of thiophene rings is 1. The van der Waals surface area contributed by atoms with Crippen molar-refractivity contribution in [2.24, 2.45) is 0 Å². The summed E-state index contributed by atoms with van der Waals surface area (Å²) < 4.78 is 30.9. The van der Waals surface area contributed by atoms with Crippen LogP contribution in [0, 0.1) is 5.82 Å². The van der Waals surface area contributed by atoms with Gasteiger partial charge in [0.2, 0.25) is 5.76 Å². The maximum absolute atomic E-state index is 14.4. The third kappa shape index (κ3) is 3.25. The van der Waals surface area contributed by atoms with E-state index in [0.717, 1.165) is 16.7 Å². The Morgan fingerprint density at radius 1 is 1.07 bits per heavy atom. The fraction of sp³-hybridized carbons (Fsp3) is 0.143. The van der Waals surface area contributed by atoms with Crippen molar-refractivity contribution in [1.29, 1.82) is 0 Å². The van der Waals surface area contributed by atoms with Gasteiger partial charge < -0.3 is 13.9 Å². The van der Waals surface area contributed by atoms with E-state index in [9.17, 15) is 14.0 Å². The van der Waals surface area contributed by atoms with E-state index in [-0.39, 0.29) is 29.2 Å². The minimum Gasteiger partial charge on any atom is -0.462 e. The highest BCUT2D eigenvalue weighted by Crippen LogP contribution is 2.34. The van der Waals surface area contributed by atoms with Gasteiger partial charge in [0.05, 0.1) is 6.61 Å². The van der Waals surface area contributed by atoms with Crippen molar-refractivity contribution in [2.45, 2.75) is 13.5 Å². The average Bonchev–Trinajstić information content (AvgIpc) is 3.28. The zero-order valence-electron chi connectivity index (χ0n) is 14.9. The van der Waals surface area contributed by atoms with E-state index in [1.807, 2.05) is 12.1 Å². The summed E-state index contributed by atoms with van der Waals surface area (Å²) in [5.41, 5.74) is 0.856. The topological polar surface area (TPSA) is 65.7 Å². The van der Waals surface area contributed by atoms with Crippen LogP contribution in [0.4, 0.5) is 4.39 Å². The highest BCUT2D eigenvalue weighted by Gasteiger charge is 2.23. The SMILES string of the molecule is CCOC(=O)c1sc2cccc(F)c2c1COC(=O)c1cc2ccccc2o1. The molecule has 2 aromatic heterocycles. The van der Waals surface area contributed by atoms with Crippen LogP contribution in [0.25, 0.3) is 21.1 Å². The largest absolute Gasteiger partial charge is 0.462 e. The first-order valence-corrected chi connectivity index (χ1v) is 9.43. The molecule has 0 bridgehead atoms. The number of fused-ring (bicyclic) bond motifs is 2. The van der Waals surface area contributed by atoms with Crippen LogP contribution in [0.2, 0.25) is 0 Å². The summed E-state index contributed by atoms with van der Waals surface area (Å²) in [7, 11) is 0. The maximum Gasteiger partial charge on any atom is 0.374 e. The monoisotopic (exact) mass is 398 g/mol. The first-order valence-electron chi connectivity index (χ1n) is 8.61. The fourth-order valence-corrected chi connectivity index (χ4v) is 4.07. The van der Waals surface area contributed by atoms with Crippen molar-refractivity contribution in [3.63, 3.8) is 0 Å². The van der Waals surface area contributed by atoms with Crippen molar-refractivity contribution in [1.82, 2.24) is 0 Å². The summed E-state index contributed by atoms with van der Waals surface area (Å²) in [6.07, 6.45) is 0. The molecular weight excluding hydrogens is 383 g/mol. The molecule has 2 aromatic carbocycles. The van der Waals surface area contributed by atoms with E-state index in [1.165, 1.54) is 6.07 Å². The number of halogens is 1. The van der Waals surface area contributed by atoms with Crippen LogP contribution < -0.4 is 0 Å². The number of furan rings is 1. The summed E-state index contributed by atoms with van der Waals surface area (Å²) in [5.74, 6) is -1.71. The summed E-state index contributed by atoms with van der Waals surface area (Å²) in [4.78, 5) is 24.9. The molecule has 4 rings (SSSR count). The van der Waals surface area contributed by atoms with Crippen molar-refractivity contribution in [3.8, 4) is 0 Å². The number of esters is 2. The Morgan fingerprint density at radius 3 is 2.68 bits per heavy atom. The first kappa shape index (κ1) is 18.2. The molecule has 0 aliphatic carbocycles. The van der Waals surface area contributed by atoms with Gasteiger partial charge in [0.1, 0.15) is 22.9 Å². The molecule has 0 atom stereocenters. The number of carbonyl (C=O) groups is 2. The van der Waals surface area contributed by atoms with E-state index in [1.54, 1.807) is 37.3 Å². The van der Waals surface area contributed by atoms with Crippen molar-refractivity contribution in [2.75, 3.05) is 6.61 Å². The Morgan fingerprint density at radius 2 is 1.89 bits per heavy atom. The minimum atomic E-state index is -0.693. The van der Waals surface area contributed by atoms with Crippen molar-refractivity contribution in [3.05, 3.63) is 70.5 Å². The van der Waals surface area contributed by atoms with Crippen LogP contribution in [0.5, 0.6) is 0 Å². The molecular formula is C21H15FO5S. The Balaban J connectivity index is 1.65. The number of ether oxygens (including phenoxy) is 2. The number of hydrogen-bond acceptors (Lipinski definition) is 6. The second-order valence-electron chi connectivity index (χ2n) is 5.97. The summed E-state index contributed by atoms with van der Waals surface area (Å²) in [6, 6.07) is 13.3. The Bertz CT molecular complexity index is 1160. The third-order valence-corrected chi connectivity index (χ3v) is 5.38. The lowest BCUT2D eigenvalue weighted by atomic mass is 10.1. The van der Waals surface area contributed by atoms with Gasteiger partial charge in [0.25, 0.3) is 0 Å². The van der Waals surface area contributed by atoms with E-state index in [4.69, 9.17) is 13.9 Å². The molecule has 2 heterocycles. The van der Waals surface area contributed by atoms with Crippen molar-refractivity contribution >= 4 is 44.3 Å². The fourth-order valence-electron chi connectivity index (χ4n) is 2.96. The van der Waals surface area contributed by atoms with Crippen LogP contribution in [-0.4, -0.2) is 18.5 Å². The lowest BCUT2D eigenvalue weighted by Crippen LogP contribution is -2.09. The molecule has 28 heavy (non-hydrogen) atoms. The highest BCUT2D eigenvalue weighted by molar-refractivity contribution is 7.21. The average molecular weight is 398 g/mol. The molecule has 0 aliphatic rings. The third-order valence-electron chi connectivity index (χ3n) is 4.20. The van der Waals surface area contributed by atoms with Gasteiger partial charge in [-0.25, -0.2) is 14.0 Å². The molecule has 0 fully saturated rings. The molecule has 0 N–H and O–H groups in total. The van der Waals surface area contributed by atoms with E-state index in [2.05, 4.69) is 0 Å². The van der Waals surface area contributed by atoms with Gasteiger partial charge in [-0.15, -0.1) is 11.3 Å². The van der Waals surface area contributed by atoms with Crippen molar-refractivity contribution < 1.29 is 27.9 Å². The molecule has 142 valence electrons. The lowest BCUT2D eigenvalue weighted by Gasteiger charge is -2.06. The summed E-state index contributed by atoms with van der Waals surface area (Å²) in [6.45, 7) is 1.60. The predicted octanol–water partition coefficient (Wildman–Crippen LogP) is 5.32. The lowest BCUT2D eigenvalue weighted by molar-refractivity contribution is 0.0426. The first-order chi connectivity index (χ1) is 13.6. The number of carbonyl (C=O) groups excluding carboxylic acids is 2. The molecule has 0 saturated carbocycles. The summed E-state index contributed by atoms with van der Waals surface area (Å²) in [5, 5.41) is 1.03. The molecule has 5 nitrogen and oxygen atoms in total. The van der Waals surface area contributed by atoms with Gasteiger partial charge in [-0.05, 0) is 31.2 Å². The number of hydrogen-bond donors (Lipinski definition) is 0. The van der Waals surface area contributed by atoms with Gasteiger partial charge in [0.15, 0.2) is 0 Å². The zero-order chi connectivity index (χ0) is 19.7. The quantitative estimate of drug-likeness (QED) is 0.426. The maximum atomic E-state index is 14.4. The number of para-hydroxylation sites is 1. The van der Waals surface area contributed by atoms with E-state index >= 15 is 0 Å². The Labute approximate surface area is 163 Å². The molecule has 0 saturated heterocycles. The number of benzene rings is 2. The van der Waals surface area contributed by atoms with Gasteiger partial charge in [0, 0.05) is 21.0 Å². The molecule has 7 heteroatoms. The van der Waals surface area contributed by atoms with E-state index in [0.29, 0.717) is 15.8 Å². The normalized spacial score (nSPS) is 11.1. The molecule has 0 spiro atoms. The van der Waals surface area contributed by atoms with Crippen LogP contribution in [0.3, 0.4) is 0 Å². The van der Waals surface area contributed by atoms with Crippen LogP contribution >= 0.6 is 11.3 Å². The Kier molecular flexibility index (Phi) is 4.83. The second-order valence-corrected chi connectivity index (χ2v) is 7.02. The second kappa shape index (κ2) is 7.44. The predicted molar refractivity (Wildman–Crippen MR) is 103 cm³/mol. The van der Waals surface area contributed by atoms with Crippen LogP contribution in [0.1, 0.15) is 32.7 Å². The van der Waals surface area contributed by atoms with Crippen LogP contribution in [0.15, 0.2) is 52.9 Å². The molecule has 0 unspecified atom stereocenters. The van der Waals surface area contributed by atoms with Gasteiger partial charge in [-0.3, -0.25) is 0 Å². The molecule has 0 radical (unpaired) electrons. The molecule has 4 aromatic rings.